The van der Waals surface area contributed by atoms with Gasteiger partial charge in [-0.3, -0.25) is 9.20 Å². The molecule has 0 spiro atoms. The third kappa shape index (κ3) is 3.77. The van der Waals surface area contributed by atoms with E-state index in [1.54, 1.807) is 46.9 Å². The number of carbonyl (C=O) groups excluding carboxylic acids is 1. The predicted octanol–water partition coefficient (Wildman–Crippen LogP) is 5.86. The Balaban J connectivity index is 1.50. The molecule has 0 radical (unpaired) electrons. The molecule has 0 unspecified atom stereocenters. The molecule has 5 nitrogen and oxygen atoms in total. The van der Waals surface area contributed by atoms with Crippen molar-refractivity contribution in [2.45, 2.75) is 38.0 Å². The minimum absolute atomic E-state index is 0.199. The van der Waals surface area contributed by atoms with Crippen LogP contribution in [0.5, 0.6) is 0 Å². The quantitative estimate of drug-likeness (QED) is 0.409. The number of anilines is 1. The summed E-state index contributed by atoms with van der Waals surface area (Å²) in [5, 5.41) is 0. The smallest absolute Gasteiger partial charge is 0.277 e. The maximum Gasteiger partial charge on any atom is 0.277 e. The number of halogens is 1. The fourth-order valence-electron chi connectivity index (χ4n) is 4.58. The van der Waals surface area contributed by atoms with Crippen LogP contribution in [0.1, 0.15) is 54.1 Å². The number of carbonyl (C=O) groups is 1. The number of hydrogen-bond donors (Lipinski definition) is 0. The Kier molecular flexibility index (Phi) is 5.43. The first-order valence-corrected chi connectivity index (χ1v) is 11.1. The molecule has 32 heavy (non-hydrogen) atoms. The number of aromatic nitrogens is 3. The third-order valence-corrected chi connectivity index (χ3v) is 6.39. The van der Waals surface area contributed by atoms with Crippen molar-refractivity contribution in [1.82, 2.24) is 14.4 Å². The number of amides is 1. The minimum Gasteiger partial charge on any atom is -0.310 e. The topological polar surface area (TPSA) is 50.5 Å². The lowest BCUT2D eigenvalue weighted by atomic mass is 9.84. The maximum absolute atomic E-state index is 13.6. The highest BCUT2D eigenvalue weighted by atomic mass is 19.1. The third-order valence-electron chi connectivity index (χ3n) is 6.39. The number of imidazole rings is 1. The molecule has 6 heteroatoms. The summed E-state index contributed by atoms with van der Waals surface area (Å²) in [5.74, 6) is 0.513. The number of fused-ring (bicyclic) bond motifs is 1. The molecule has 1 fully saturated rings. The largest absolute Gasteiger partial charge is 0.310 e. The molecule has 5 rings (SSSR count). The number of rotatable bonds is 4. The van der Waals surface area contributed by atoms with Crippen molar-refractivity contribution >= 4 is 17.4 Å². The van der Waals surface area contributed by atoms with E-state index in [-0.39, 0.29) is 11.7 Å². The minimum atomic E-state index is -0.335. The number of benzene rings is 2. The SMILES string of the molecule is CN(C(=O)c1c(-c2ccc(F)cc2)nc2ncccn12)c1ccc(C2CCCCC2)cc1. The lowest BCUT2D eigenvalue weighted by Gasteiger charge is -2.23. The summed E-state index contributed by atoms with van der Waals surface area (Å²) >= 11 is 0. The van der Waals surface area contributed by atoms with Crippen molar-refractivity contribution in [3.8, 4) is 11.3 Å². The molecule has 0 saturated heterocycles. The van der Waals surface area contributed by atoms with Gasteiger partial charge in [-0.25, -0.2) is 14.4 Å². The van der Waals surface area contributed by atoms with E-state index >= 15 is 0 Å². The van der Waals surface area contributed by atoms with Crippen molar-refractivity contribution < 1.29 is 9.18 Å². The summed E-state index contributed by atoms with van der Waals surface area (Å²) in [6, 6.07) is 16.1. The van der Waals surface area contributed by atoms with Crippen LogP contribution in [0.4, 0.5) is 10.1 Å². The van der Waals surface area contributed by atoms with Gasteiger partial charge in [-0.05, 0) is 66.8 Å². The Labute approximate surface area is 186 Å². The van der Waals surface area contributed by atoms with Crippen LogP contribution in [0.15, 0.2) is 67.0 Å². The lowest BCUT2D eigenvalue weighted by molar-refractivity contribution is 0.0988. The van der Waals surface area contributed by atoms with E-state index < -0.39 is 0 Å². The van der Waals surface area contributed by atoms with Gasteiger partial charge in [-0.2, -0.15) is 0 Å². The summed E-state index contributed by atoms with van der Waals surface area (Å²) < 4.78 is 15.2. The van der Waals surface area contributed by atoms with Crippen molar-refractivity contribution in [2.24, 2.45) is 0 Å². The Morgan fingerprint density at radius 2 is 1.75 bits per heavy atom. The Morgan fingerprint density at radius 3 is 2.47 bits per heavy atom. The standard InChI is InChI=1S/C26H25FN4O/c1-30(22-14-10-19(11-15-22)18-6-3-2-4-7-18)25(32)24-23(20-8-12-21(27)13-9-20)29-26-28-16-5-17-31(24)26/h5,8-18H,2-4,6-7H2,1H3. The Morgan fingerprint density at radius 1 is 1.03 bits per heavy atom. The zero-order chi connectivity index (χ0) is 22.1. The molecule has 1 amide bonds. The normalized spacial score (nSPS) is 14.6. The van der Waals surface area contributed by atoms with Crippen LogP contribution < -0.4 is 4.90 Å². The fraction of sp³-hybridized carbons (Fsp3) is 0.269. The average Bonchev–Trinajstić information content (AvgIpc) is 3.24. The Hall–Kier alpha value is -3.54. The van der Waals surface area contributed by atoms with E-state index in [2.05, 4.69) is 22.1 Å². The molecule has 1 aliphatic carbocycles. The van der Waals surface area contributed by atoms with Gasteiger partial charge in [0.25, 0.3) is 5.91 Å². The van der Waals surface area contributed by atoms with Crippen LogP contribution in [0.3, 0.4) is 0 Å². The van der Waals surface area contributed by atoms with Crippen molar-refractivity contribution in [2.75, 3.05) is 11.9 Å². The summed E-state index contributed by atoms with van der Waals surface area (Å²) in [4.78, 5) is 24.1. The van der Waals surface area contributed by atoms with Crippen LogP contribution in [-0.2, 0) is 0 Å². The summed E-state index contributed by atoms with van der Waals surface area (Å²) in [6.07, 6.45) is 9.80. The van der Waals surface area contributed by atoms with Crippen LogP contribution in [0.25, 0.3) is 17.0 Å². The fourth-order valence-corrected chi connectivity index (χ4v) is 4.58. The summed E-state index contributed by atoms with van der Waals surface area (Å²) in [7, 11) is 1.77. The summed E-state index contributed by atoms with van der Waals surface area (Å²) in [6.45, 7) is 0. The monoisotopic (exact) mass is 428 g/mol. The van der Waals surface area contributed by atoms with Gasteiger partial charge in [-0.1, -0.05) is 31.4 Å². The van der Waals surface area contributed by atoms with Gasteiger partial charge in [0.1, 0.15) is 17.2 Å². The summed E-state index contributed by atoms with van der Waals surface area (Å²) in [5.41, 5.74) is 3.72. The predicted molar refractivity (Wildman–Crippen MR) is 123 cm³/mol. The molecule has 0 atom stereocenters. The number of hydrogen-bond acceptors (Lipinski definition) is 3. The van der Waals surface area contributed by atoms with E-state index in [1.807, 2.05) is 12.1 Å². The molecular weight excluding hydrogens is 403 g/mol. The molecule has 4 aromatic rings. The van der Waals surface area contributed by atoms with Crippen LogP contribution in [0.2, 0.25) is 0 Å². The van der Waals surface area contributed by atoms with Gasteiger partial charge in [0.2, 0.25) is 5.78 Å². The molecule has 0 aliphatic heterocycles. The van der Waals surface area contributed by atoms with Gasteiger partial charge < -0.3 is 4.90 Å². The molecule has 0 bridgehead atoms. The molecule has 2 heterocycles. The van der Waals surface area contributed by atoms with Crippen molar-refractivity contribution in [1.29, 1.82) is 0 Å². The van der Waals surface area contributed by atoms with Gasteiger partial charge in [0.15, 0.2) is 0 Å². The first-order chi connectivity index (χ1) is 15.6. The Bertz CT molecular complexity index is 1240. The van der Waals surface area contributed by atoms with E-state index in [0.717, 1.165) is 5.69 Å². The zero-order valence-corrected chi connectivity index (χ0v) is 18.0. The lowest BCUT2D eigenvalue weighted by Crippen LogP contribution is -2.28. The molecule has 1 saturated carbocycles. The molecule has 1 aliphatic rings. The second-order valence-corrected chi connectivity index (χ2v) is 8.40. The second-order valence-electron chi connectivity index (χ2n) is 8.40. The molecule has 0 N–H and O–H groups in total. The van der Waals surface area contributed by atoms with Gasteiger partial charge in [-0.15, -0.1) is 0 Å². The average molecular weight is 429 g/mol. The second kappa shape index (κ2) is 8.54. The van der Waals surface area contributed by atoms with Crippen LogP contribution >= 0.6 is 0 Å². The van der Waals surface area contributed by atoms with Gasteiger partial charge >= 0.3 is 0 Å². The van der Waals surface area contributed by atoms with Gasteiger partial charge in [0.05, 0.1) is 0 Å². The van der Waals surface area contributed by atoms with Gasteiger partial charge in [0, 0.05) is 30.7 Å². The first-order valence-electron chi connectivity index (χ1n) is 11.1. The van der Waals surface area contributed by atoms with Crippen molar-refractivity contribution in [3.63, 3.8) is 0 Å². The van der Waals surface area contributed by atoms with Crippen LogP contribution in [-0.4, -0.2) is 27.3 Å². The van der Waals surface area contributed by atoms with E-state index in [1.165, 1.54) is 49.8 Å². The highest BCUT2D eigenvalue weighted by Crippen LogP contribution is 2.33. The first kappa shape index (κ1) is 20.4. The molecular formula is C26H25FN4O. The van der Waals surface area contributed by atoms with Crippen molar-refractivity contribution in [3.05, 3.63) is 84.1 Å². The van der Waals surface area contributed by atoms with E-state index in [9.17, 15) is 9.18 Å². The number of nitrogens with zero attached hydrogens (tertiary/aromatic N) is 4. The molecule has 2 aromatic carbocycles. The zero-order valence-electron chi connectivity index (χ0n) is 18.0. The molecule has 162 valence electrons. The van der Waals surface area contributed by atoms with E-state index in [4.69, 9.17) is 0 Å². The highest BCUT2D eigenvalue weighted by Gasteiger charge is 2.25. The highest BCUT2D eigenvalue weighted by molar-refractivity contribution is 6.08. The van der Waals surface area contributed by atoms with E-state index in [0.29, 0.717) is 28.6 Å². The van der Waals surface area contributed by atoms with Crippen LogP contribution in [0, 0.1) is 5.82 Å². The maximum atomic E-state index is 13.6. The molecule has 2 aromatic heterocycles.